The fourth-order valence-electron chi connectivity index (χ4n) is 2.45. The molecule has 0 aromatic heterocycles. The molecule has 0 heterocycles. The Kier molecular flexibility index (Phi) is 7.25. The van der Waals surface area contributed by atoms with E-state index < -0.39 is 6.04 Å². The Morgan fingerprint density at radius 3 is 2.41 bits per heavy atom. The fraction of sp³-hybridized carbons (Fsp3) is 0.300. The molecule has 27 heavy (non-hydrogen) atoms. The lowest BCUT2D eigenvalue weighted by Crippen LogP contribution is -2.43. The van der Waals surface area contributed by atoms with Gasteiger partial charge in [0.15, 0.2) is 0 Å². The molecule has 5 nitrogen and oxygen atoms in total. The Balaban J connectivity index is 1.95. The average Bonchev–Trinajstić information content (AvgIpc) is 2.59. The number of rotatable bonds is 6. The van der Waals surface area contributed by atoms with Crippen LogP contribution in [0.2, 0.25) is 10.0 Å². The van der Waals surface area contributed by atoms with Crippen LogP contribution in [0.4, 0.5) is 11.4 Å². The van der Waals surface area contributed by atoms with Gasteiger partial charge in [0, 0.05) is 10.7 Å². The lowest BCUT2D eigenvalue weighted by atomic mass is 10.1. The molecule has 1 atom stereocenters. The molecule has 0 unspecified atom stereocenters. The van der Waals surface area contributed by atoms with Crippen LogP contribution in [-0.2, 0) is 9.59 Å². The summed E-state index contributed by atoms with van der Waals surface area (Å²) in [7, 11) is 1.72. The summed E-state index contributed by atoms with van der Waals surface area (Å²) in [4.78, 5) is 26.5. The van der Waals surface area contributed by atoms with E-state index in [0.29, 0.717) is 15.7 Å². The van der Waals surface area contributed by atoms with Gasteiger partial charge in [0.25, 0.3) is 0 Å². The highest BCUT2D eigenvalue weighted by atomic mass is 35.5. The molecule has 0 fully saturated rings. The van der Waals surface area contributed by atoms with Crippen molar-refractivity contribution in [3.8, 4) is 0 Å². The monoisotopic (exact) mass is 407 g/mol. The molecule has 0 bridgehead atoms. The Bertz CT molecular complexity index is 855. The van der Waals surface area contributed by atoms with Gasteiger partial charge in [-0.1, -0.05) is 35.3 Å². The fourth-order valence-corrected chi connectivity index (χ4v) is 2.91. The van der Waals surface area contributed by atoms with Crippen molar-refractivity contribution in [2.75, 3.05) is 24.2 Å². The normalized spacial score (nSPS) is 12.0. The zero-order chi connectivity index (χ0) is 20.1. The summed E-state index contributed by atoms with van der Waals surface area (Å²) in [6.45, 7) is 5.71. The Morgan fingerprint density at radius 2 is 1.74 bits per heavy atom. The van der Waals surface area contributed by atoms with Crippen molar-refractivity contribution in [1.29, 1.82) is 0 Å². The van der Waals surface area contributed by atoms with Crippen molar-refractivity contribution in [1.82, 2.24) is 4.90 Å². The summed E-state index contributed by atoms with van der Waals surface area (Å²) < 4.78 is 0. The summed E-state index contributed by atoms with van der Waals surface area (Å²) in [5.41, 5.74) is 3.31. The number of amides is 2. The topological polar surface area (TPSA) is 61.4 Å². The van der Waals surface area contributed by atoms with E-state index in [4.69, 9.17) is 23.2 Å². The van der Waals surface area contributed by atoms with Crippen LogP contribution in [0, 0.1) is 13.8 Å². The average molecular weight is 408 g/mol. The Morgan fingerprint density at radius 1 is 1.04 bits per heavy atom. The highest BCUT2D eigenvalue weighted by Gasteiger charge is 2.21. The van der Waals surface area contributed by atoms with Crippen molar-refractivity contribution < 1.29 is 9.59 Å². The molecular formula is C20H23Cl2N3O2. The van der Waals surface area contributed by atoms with Gasteiger partial charge in [-0.05, 0) is 63.2 Å². The van der Waals surface area contributed by atoms with Crippen LogP contribution in [0.1, 0.15) is 18.1 Å². The van der Waals surface area contributed by atoms with Gasteiger partial charge in [0.1, 0.15) is 0 Å². The molecule has 2 aromatic rings. The number of aryl methyl sites for hydroxylation is 2. The number of nitrogens with zero attached hydrogens (tertiary/aromatic N) is 1. The Hall–Kier alpha value is -2.08. The number of hydrogen-bond acceptors (Lipinski definition) is 3. The molecule has 2 rings (SSSR count). The van der Waals surface area contributed by atoms with E-state index in [2.05, 4.69) is 10.6 Å². The maximum Gasteiger partial charge on any atom is 0.241 e. The van der Waals surface area contributed by atoms with Gasteiger partial charge >= 0.3 is 0 Å². The minimum atomic E-state index is -0.527. The van der Waals surface area contributed by atoms with Gasteiger partial charge in [0.05, 0.1) is 23.3 Å². The first-order valence-corrected chi connectivity index (χ1v) is 9.26. The lowest BCUT2D eigenvalue weighted by Gasteiger charge is -2.23. The first-order chi connectivity index (χ1) is 12.7. The van der Waals surface area contributed by atoms with E-state index >= 15 is 0 Å². The van der Waals surface area contributed by atoms with E-state index in [-0.39, 0.29) is 18.4 Å². The van der Waals surface area contributed by atoms with E-state index in [0.717, 1.165) is 16.8 Å². The van der Waals surface area contributed by atoms with Gasteiger partial charge < -0.3 is 10.6 Å². The Labute approximate surface area is 169 Å². The third-order valence-electron chi connectivity index (χ3n) is 4.29. The van der Waals surface area contributed by atoms with Gasteiger partial charge in [0.2, 0.25) is 11.8 Å². The molecular weight excluding hydrogens is 385 g/mol. The predicted molar refractivity (Wildman–Crippen MR) is 112 cm³/mol. The van der Waals surface area contributed by atoms with Crippen LogP contribution in [0.5, 0.6) is 0 Å². The molecule has 0 aliphatic carbocycles. The minimum absolute atomic E-state index is 0.0797. The highest BCUT2D eigenvalue weighted by Crippen LogP contribution is 2.25. The quantitative estimate of drug-likeness (QED) is 0.740. The predicted octanol–water partition coefficient (Wildman–Crippen LogP) is 4.51. The van der Waals surface area contributed by atoms with Gasteiger partial charge in [-0.25, -0.2) is 0 Å². The van der Waals surface area contributed by atoms with Crippen molar-refractivity contribution in [2.45, 2.75) is 26.8 Å². The molecule has 2 amide bonds. The number of anilines is 2. The van der Waals surface area contributed by atoms with Crippen LogP contribution in [-0.4, -0.2) is 36.3 Å². The maximum atomic E-state index is 12.5. The lowest BCUT2D eigenvalue weighted by molar-refractivity contribution is -0.122. The second kappa shape index (κ2) is 9.22. The summed E-state index contributed by atoms with van der Waals surface area (Å²) in [6.07, 6.45) is 0. The van der Waals surface area contributed by atoms with Crippen LogP contribution >= 0.6 is 23.2 Å². The van der Waals surface area contributed by atoms with Gasteiger partial charge in [-0.3, -0.25) is 14.5 Å². The number of benzene rings is 2. The second-order valence-corrected chi connectivity index (χ2v) is 7.41. The third-order valence-corrected chi connectivity index (χ3v) is 4.84. The summed E-state index contributed by atoms with van der Waals surface area (Å²) >= 11 is 11.9. The van der Waals surface area contributed by atoms with E-state index in [9.17, 15) is 9.59 Å². The van der Waals surface area contributed by atoms with Crippen molar-refractivity contribution >= 4 is 46.4 Å². The van der Waals surface area contributed by atoms with E-state index in [1.54, 1.807) is 37.1 Å². The molecule has 2 N–H and O–H groups in total. The molecule has 0 saturated heterocycles. The van der Waals surface area contributed by atoms with Gasteiger partial charge in [-0.2, -0.15) is 0 Å². The molecule has 0 radical (unpaired) electrons. The van der Waals surface area contributed by atoms with Crippen LogP contribution in [0.25, 0.3) is 0 Å². The molecule has 144 valence electrons. The third kappa shape index (κ3) is 5.96. The van der Waals surface area contributed by atoms with Crippen molar-refractivity contribution in [3.63, 3.8) is 0 Å². The molecule has 2 aromatic carbocycles. The number of carbonyl (C=O) groups is 2. The molecule has 7 heteroatoms. The van der Waals surface area contributed by atoms with Crippen LogP contribution in [0.15, 0.2) is 36.4 Å². The maximum absolute atomic E-state index is 12.5. The number of likely N-dealkylation sites (N-methyl/N-ethyl adjacent to an activating group) is 1. The first kappa shape index (κ1) is 21.2. The van der Waals surface area contributed by atoms with Crippen LogP contribution in [0.3, 0.4) is 0 Å². The number of carbonyl (C=O) groups excluding carboxylic acids is 2. The first-order valence-electron chi connectivity index (χ1n) is 8.50. The largest absolute Gasteiger partial charge is 0.325 e. The number of nitrogens with one attached hydrogen (secondary N) is 2. The number of halogens is 2. The van der Waals surface area contributed by atoms with E-state index in [1.165, 1.54) is 0 Å². The SMILES string of the molecule is Cc1ccc(C)c(NC(=O)CN(C)[C@@H](C)C(=O)Nc2ccc(Cl)cc2Cl)c1. The van der Waals surface area contributed by atoms with Crippen molar-refractivity contribution in [2.24, 2.45) is 0 Å². The van der Waals surface area contributed by atoms with Crippen molar-refractivity contribution in [3.05, 3.63) is 57.6 Å². The van der Waals surface area contributed by atoms with Crippen LogP contribution < -0.4 is 10.6 Å². The second-order valence-electron chi connectivity index (χ2n) is 6.57. The zero-order valence-electron chi connectivity index (χ0n) is 15.8. The summed E-state index contributed by atoms with van der Waals surface area (Å²) in [5, 5.41) is 6.50. The standard InChI is InChI=1S/C20H23Cl2N3O2/c1-12-5-6-13(2)18(9-12)23-19(26)11-25(4)14(3)20(27)24-17-8-7-15(21)10-16(17)22/h5-10,14H,11H2,1-4H3,(H,23,26)(H,24,27)/t14-/m0/s1. The van der Waals surface area contributed by atoms with E-state index in [1.807, 2.05) is 32.0 Å². The van der Waals surface area contributed by atoms with Gasteiger partial charge in [-0.15, -0.1) is 0 Å². The molecule has 0 saturated carbocycles. The highest BCUT2D eigenvalue weighted by molar-refractivity contribution is 6.36. The smallest absolute Gasteiger partial charge is 0.241 e. The number of hydrogen-bond donors (Lipinski definition) is 2. The minimum Gasteiger partial charge on any atom is -0.325 e. The zero-order valence-corrected chi connectivity index (χ0v) is 17.3. The summed E-state index contributed by atoms with van der Waals surface area (Å²) in [6, 6.07) is 10.2. The molecule has 0 spiro atoms. The molecule has 0 aliphatic heterocycles. The summed E-state index contributed by atoms with van der Waals surface area (Å²) in [5.74, 6) is -0.448. The molecule has 0 aliphatic rings.